The monoisotopic (exact) mass is 284 g/mol. The van der Waals surface area contributed by atoms with Crippen molar-refractivity contribution in [3.63, 3.8) is 0 Å². The minimum Gasteiger partial charge on any atom is -0.379 e. The van der Waals surface area contributed by atoms with Crippen molar-refractivity contribution < 1.29 is 17.6 Å². The Balaban J connectivity index is 2.13. The van der Waals surface area contributed by atoms with Crippen molar-refractivity contribution in [1.29, 1.82) is 0 Å². The zero-order chi connectivity index (χ0) is 14.8. The summed E-state index contributed by atoms with van der Waals surface area (Å²) in [5.41, 5.74) is 0.853. The van der Waals surface area contributed by atoms with E-state index in [0.29, 0.717) is 12.6 Å². The van der Waals surface area contributed by atoms with Crippen LogP contribution in [-0.4, -0.2) is 4.98 Å². The normalized spacial score (nSPS) is 11.4. The predicted octanol–water partition coefficient (Wildman–Crippen LogP) is 4.16. The van der Waals surface area contributed by atoms with Crippen molar-refractivity contribution in [3.05, 3.63) is 59.2 Å². The van der Waals surface area contributed by atoms with E-state index in [4.69, 9.17) is 0 Å². The Morgan fingerprint density at radius 1 is 1.20 bits per heavy atom. The lowest BCUT2D eigenvalue weighted by Crippen LogP contribution is -2.08. The molecule has 0 fully saturated rings. The van der Waals surface area contributed by atoms with Crippen LogP contribution in [0.3, 0.4) is 0 Å². The number of nitrogens with one attached hydrogen (secondary N) is 1. The molecule has 2 aromatic rings. The number of halogens is 4. The third-order valence-corrected chi connectivity index (χ3v) is 2.91. The van der Waals surface area contributed by atoms with Gasteiger partial charge in [-0.1, -0.05) is 0 Å². The molecule has 2 rings (SSSR count). The number of alkyl halides is 3. The first-order chi connectivity index (χ1) is 9.38. The number of hydrogen-bond donors (Lipinski definition) is 1. The minimum atomic E-state index is -4.54. The molecular formula is C14H12F4N2. The number of hydrogen-bond acceptors (Lipinski definition) is 2. The van der Waals surface area contributed by atoms with Gasteiger partial charge in [0.1, 0.15) is 5.82 Å². The topological polar surface area (TPSA) is 24.9 Å². The molecular weight excluding hydrogens is 272 g/mol. The van der Waals surface area contributed by atoms with E-state index in [-0.39, 0.29) is 5.69 Å². The number of pyridine rings is 1. The summed E-state index contributed by atoms with van der Waals surface area (Å²) in [6.07, 6.45) is -1.28. The fourth-order valence-electron chi connectivity index (χ4n) is 1.71. The standard InChI is InChI=1S/C14H12F4N2/c1-9-4-5-19-7-10(9)8-20-13-3-2-11(6-12(13)15)14(16,17)18/h2-7,20H,8H2,1H3. The van der Waals surface area contributed by atoms with Crippen LogP contribution >= 0.6 is 0 Å². The highest BCUT2D eigenvalue weighted by Crippen LogP contribution is 2.31. The van der Waals surface area contributed by atoms with Crippen LogP contribution in [0.15, 0.2) is 36.7 Å². The molecule has 20 heavy (non-hydrogen) atoms. The highest BCUT2D eigenvalue weighted by Gasteiger charge is 2.31. The van der Waals surface area contributed by atoms with Crippen molar-refractivity contribution in [1.82, 2.24) is 4.98 Å². The summed E-state index contributed by atoms with van der Waals surface area (Å²) in [5.74, 6) is -0.929. The second kappa shape index (κ2) is 5.48. The highest BCUT2D eigenvalue weighted by atomic mass is 19.4. The Kier molecular flexibility index (Phi) is 3.92. The van der Waals surface area contributed by atoms with Gasteiger partial charge in [0.25, 0.3) is 0 Å². The van der Waals surface area contributed by atoms with E-state index >= 15 is 0 Å². The van der Waals surface area contributed by atoms with Gasteiger partial charge < -0.3 is 5.32 Å². The molecule has 0 saturated carbocycles. The van der Waals surface area contributed by atoms with Gasteiger partial charge in [-0.2, -0.15) is 13.2 Å². The molecule has 0 radical (unpaired) electrons. The Hall–Kier alpha value is -2.11. The van der Waals surface area contributed by atoms with Gasteiger partial charge in [-0.3, -0.25) is 4.98 Å². The van der Waals surface area contributed by atoms with Gasteiger partial charge in [-0.05, 0) is 42.3 Å². The van der Waals surface area contributed by atoms with E-state index in [1.165, 1.54) is 0 Å². The average Bonchev–Trinajstić information content (AvgIpc) is 2.38. The van der Waals surface area contributed by atoms with Crippen molar-refractivity contribution in [2.75, 3.05) is 5.32 Å². The Morgan fingerprint density at radius 2 is 1.95 bits per heavy atom. The quantitative estimate of drug-likeness (QED) is 0.856. The second-order valence-corrected chi connectivity index (χ2v) is 4.35. The number of anilines is 1. The van der Waals surface area contributed by atoms with Crippen LogP contribution in [0.2, 0.25) is 0 Å². The number of rotatable bonds is 3. The van der Waals surface area contributed by atoms with Gasteiger partial charge in [-0.15, -0.1) is 0 Å². The van der Waals surface area contributed by atoms with Crippen molar-refractivity contribution >= 4 is 5.69 Å². The van der Waals surface area contributed by atoms with Crippen molar-refractivity contribution in [2.24, 2.45) is 0 Å². The van der Waals surface area contributed by atoms with Crippen molar-refractivity contribution in [3.8, 4) is 0 Å². The van der Waals surface area contributed by atoms with E-state index in [9.17, 15) is 17.6 Å². The zero-order valence-corrected chi connectivity index (χ0v) is 10.6. The largest absolute Gasteiger partial charge is 0.416 e. The van der Waals surface area contributed by atoms with Crippen molar-refractivity contribution in [2.45, 2.75) is 19.6 Å². The van der Waals surface area contributed by atoms with Gasteiger partial charge in [0.15, 0.2) is 0 Å². The van der Waals surface area contributed by atoms with Crippen LogP contribution in [-0.2, 0) is 12.7 Å². The first-order valence-electron chi connectivity index (χ1n) is 5.88. The second-order valence-electron chi connectivity index (χ2n) is 4.35. The van der Waals surface area contributed by atoms with E-state index in [2.05, 4.69) is 10.3 Å². The third kappa shape index (κ3) is 3.26. The predicted molar refractivity (Wildman–Crippen MR) is 67.7 cm³/mol. The minimum absolute atomic E-state index is 0.0289. The van der Waals surface area contributed by atoms with Gasteiger partial charge in [0.05, 0.1) is 11.3 Å². The molecule has 0 saturated heterocycles. The molecule has 6 heteroatoms. The maximum atomic E-state index is 13.6. The Bertz CT molecular complexity index is 608. The Labute approximate surface area is 113 Å². The lowest BCUT2D eigenvalue weighted by Gasteiger charge is -2.11. The lowest BCUT2D eigenvalue weighted by molar-refractivity contribution is -0.137. The number of aryl methyl sites for hydroxylation is 1. The molecule has 0 spiro atoms. The molecule has 0 atom stereocenters. The Morgan fingerprint density at radius 3 is 2.55 bits per heavy atom. The summed E-state index contributed by atoms with van der Waals surface area (Å²) in [6, 6.07) is 4.23. The molecule has 0 aliphatic rings. The van der Waals surface area contributed by atoms with Gasteiger partial charge in [0, 0.05) is 18.9 Å². The summed E-state index contributed by atoms with van der Waals surface area (Å²) in [4.78, 5) is 3.94. The molecule has 1 N–H and O–H groups in total. The lowest BCUT2D eigenvalue weighted by atomic mass is 10.1. The number of aromatic nitrogens is 1. The maximum Gasteiger partial charge on any atom is 0.416 e. The van der Waals surface area contributed by atoms with Crippen LogP contribution in [0.5, 0.6) is 0 Å². The zero-order valence-electron chi connectivity index (χ0n) is 10.6. The fraction of sp³-hybridized carbons (Fsp3) is 0.214. The van der Waals surface area contributed by atoms with Crippen LogP contribution < -0.4 is 5.32 Å². The van der Waals surface area contributed by atoms with Gasteiger partial charge in [0.2, 0.25) is 0 Å². The average molecular weight is 284 g/mol. The molecule has 1 heterocycles. The SMILES string of the molecule is Cc1ccncc1CNc1ccc(C(F)(F)F)cc1F. The molecule has 0 aliphatic heterocycles. The van der Waals surface area contributed by atoms with Crippen LogP contribution in [0.1, 0.15) is 16.7 Å². The van der Waals surface area contributed by atoms with Gasteiger partial charge >= 0.3 is 6.18 Å². The molecule has 0 bridgehead atoms. The smallest absolute Gasteiger partial charge is 0.379 e. The summed E-state index contributed by atoms with van der Waals surface area (Å²) in [6.45, 7) is 2.17. The first-order valence-corrected chi connectivity index (χ1v) is 5.88. The summed E-state index contributed by atoms with van der Waals surface area (Å²) < 4.78 is 50.8. The maximum absolute atomic E-state index is 13.6. The van der Waals surface area contributed by atoms with Gasteiger partial charge in [-0.25, -0.2) is 4.39 Å². The molecule has 1 aromatic carbocycles. The first kappa shape index (κ1) is 14.3. The fourth-order valence-corrected chi connectivity index (χ4v) is 1.71. The van der Waals surface area contributed by atoms with Crippen LogP contribution in [0.25, 0.3) is 0 Å². The third-order valence-electron chi connectivity index (χ3n) is 2.91. The van der Waals surface area contributed by atoms with Crippen LogP contribution in [0.4, 0.5) is 23.2 Å². The van der Waals surface area contributed by atoms with E-state index in [1.54, 1.807) is 18.5 Å². The van der Waals surface area contributed by atoms with E-state index in [1.807, 2.05) is 6.92 Å². The number of nitrogens with zero attached hydrogens (tertiary/aromatic N) is 1. The molecule has 106 valence electrons. The molecule has 0 unspecified atom stereocenters. The summed E-state index contributed by atoms with van der Waals surface area (Å²) in [7, 11) is 0. The summed E-state index contributed by atoms with van der Waals surface area (Å²) in [5, 5.41) is 2.77. The molecule has 1 aromatic heterocycles. The molecule has 2 nitrogen and oxygen atoms in total. The highest BCUT2D eigenvalue weighted by molar-refractivity contribution is 5.47. The number of benzene rings is 1. The summed E-state index contributed by atoms with van der Waals surface area (Å²) >= 11 is 0. The van der Waals surface area contributed by atoms with E-state index in [0.717, 1.165) is 23.3 Å². The molecule has 0 amide bonds. The molecule has 0 aliphatic carbocycles. The van der Waals surface area contributed by atoms with Crippen LogP contribution in [0, 0.1) is 12.7 Å². The van der Waals surface area contributed by atoms with E-state index < -0.39 is 17.6 Å².